The van der Waals surface area contributed by atoms with E-state index in [1.807, 2.05) is 0 Å². The first-order valence-corrected chi connectivity index (χ1v) is 10.3. The summed E-state index contributed by atoms with van der Waals surface area (Å²) in [6, 6.07) is 8.03. The zero-order chi connectivity index (χ0) is 20.9. The van der Waals surface area contributed by atoms with Crippen molar-refractivity contribution in [3.63, 3.8) is 0 Å². The second kappa shape index (κ2) is 8.92. The van der Waals surface area contributed by atoms with Crippen molar-refractivity contribution in [2.24, 2.45) is 0 Å². The van der Waals surface area contributed by atoms with Crippen molar-refractivity contribution in [1.29, 1.82) is 0 Å². The maximum Gasteiger partial charge on any atom is 0.338 e. The molecule has 28 heavy (non-hydrogen) atoms. The van der Waals surface area contributed by atoms with Crippen LogP contribution in [0.1, 0.15) is 34.5 Å². The van der Waals surface area contributed by atoms with Gasteiger partial charge in [0.05, 0.1) is 17.4 Å². The molecule has 0 heterocycles. The predicted octanol–water partition coefficient (Wildman–Crippen LogP) is 2.54. The molecule has 0 radical (unpaired) electrons. The molecule has 1 amide bonds. The van der Waals surface area contributed by atoms with E-state index in [1.54, 1.807) is 0 Å². The van der Waals surface area contributed by atoms with Gasteiger partial charge in [0.2, 0.25) is 0 Å². The third-order valence-corrected chi connectivity index (χ3v) is 4.62. The maximum absolute atomic E-state index is 13.7. The highest BCUT2D eigenvalue weighted by molar-refractivity contribution is 7.89. The lowest BCUT2D eigenvalue weighted by molar-refractivity contribution is -0.124. The molecule has 0 aromatic heterocycles. The molecular weight excluding hydrogens is 392 g/mol. The molecule has 2 aromatic rings. The average Bonchev–Trinajstić information content (AvgIpc) is 2.58. The molecule has 0 saturated heterocycles. The molecule has 150 valence electrons. The van der Waals surface area contributed by atoms with Crippen LogP contribution in [-0.2, 0) is 25.1 Å². The number of hydrogen-bond acceptors (Lipinski definition) is 5. The summed E-state index contributed by atoms with van der Waals surface area (Å²) in [5.74, 6) is -3.09. The Labute approximate surface area is 161 Å². The lowest BCUT2D eigenvalue weighted by Crippen LogP contribution is -2.31. The summed E-state index contributed by atoms with van der Waals surface area (Å²) in [4.78, 5) is 23.9. The number of esters is 1. The van der Waals surface area contributed by atoms with Crippen molar-refractivity contribution < 1.29 is 31.5 Å². The van der Waals surface area contributed by atoms with Crippen molar-refractivity contribution >= 4 is 21.7 Å². The van der Waals surface area contributed by atoms with Crippen LogP contribution < -0.4 is 5.32 Å². The van der Waals surface area contributed by atoms with Crippen LogP contribution >= 0.6 is 0 Å². The van der Waals surface area contributed by atoms with E-state index in [2.05, 4.69) is 5.32 Å². The molecule has 0 aliphatic carbocycles. The molecule has 6 nitrogen and oxygen atoms in total. The van der Waals surface area contributed by atoms with E-state index in [-0.39, 0.29) is 16.9 Å². The second-order valence-electron chi connectivity index (χ2n) is 6.30. The first-order valence-electron chi connectivity index (χ1n) is 8.23. The number of hydrogen-bond donors (Lipinski definition) is 1. The lowest BCUT2D eigenvalue weighted by atomic mass is 10.1. The van der Waals surface area contributed by atoms with Gasteiger partial charge in [-0.1, -0.05) is 18.2 Å². The maximum atomic E-state index is 13.7. The second-order valence-corrected chi connectivity index (χ2v) is 8.44. The summed E-state index contributed by atoms with van der Waals surface area (Å²) < 4.78 is 54.0. The Kier molecular flexibility index (Phi) is 6.85. The van der Waals surface area contributed by atoms with Crippen molar-refractivity contribution in [2.45, 2.75) is 18.7 Å². The SMILES string of the molecule is C[C@@H](NC(=O)COC(=O)c1ccc(CS(C)(=O)=O)cc1)c1ccc(F)cc1F. The van der Waals surface area contributed by atoms with Crippen LogP contribution in [0, 0.1) is 11.6 Å². The van der Waals surface area contributed by atoms with E-state index >= 15 is 0 Å². The summed E-state index contributed by atoms with van der Waals surface area (Å²) in [7, 11) is -3.19. The highest BCUT2D eigenvalue weighted by atomic mass is 32.2. The molecule has 0 fully saturated rings. The number of benzene rings is 2. The van der Waals surface area contributed by atoms with Gasteiger partial charge in [-0.05, 0) is 30.7 Å². The summed E-state index contributed by atoms with van der Waals surface area (Å²) >= 11 is 0. The molecule has 0 spiro atoms. The number of carbonyl (C=O) groups excluding carboxylic acids is 2. The molecule has 2 aromatic carbocycles. The van der Waals surface area contributed by atoms with Gasteiger partial charge in [0.15, 0.2) is 16.4 Å². The molecule has 0 aliphatic rings. The first-order chi connectivity index (χ1) is 13.0. The molecule has 9 heteroatoms. The van der Waals surface area contributed by atoms with Crippen LogP contribution in [0.25, 0.3) is 0 Å². The van der Waals surface area contributed by atoms with Gasteiger partial charge in [0.1, 0.15) is 11.6 Å². The third kappa shape index (κ3) is 6.41. The smallest absolute Gasteiger partial charge is 0.338 e. The zero-order valence-electron chi connectivity index (χ0n) is 15.2. The summed E-state index contributed by atoms with van der Waals surface area (Å²) in [6.07, 6.45) is 1.10. The molecule has 0 bridgehead atoms. The predicted molar refractivity (Wildman–Crippen MR) is 98.2 cm³/mol. The summed E-state index contributed by atoms with van der Waals surface area (Å²) in [6.45, 7) is 0.924. The lowest BCUT2D eigenvalue weighted by Gasteiger charge is -2.15. The number of nitrogens with one attached hydrogen (secondary N) is 1. The highest BCUT2D eigenvalue weighted by Crippen LogP contribution is 2.17. The van der Waals surface area contributed by atoms with Gasteiger partial charge in [-0.25, -0.2) is 22.0 Å². The van der Waals surface area contributed by atoms with E-state index in [4.69, 9.17) is 4.74 Å². The number of ether oxygens (including phenoxy) is 1. The minimum Gasteiger partial charge on any atom is -0.452 e. The Hall–Kier alpha value is -2.81. The van der Waals surface area contributed by atoms with Gasteiger partial charge < -0.3 is 10.1 Å². The third-order valence-electron chi connectivity index (χ3n) is 3.76. The van der Waals surface area contributed by atoms with Gasteiger partial charge >= 0.3 is 5.97 Å². The van der Waals surface area contributed by atoms with Crippen LogP contribution in [0.2, 0.25) is 0 Å². The minimum atomic E-state index is -3.19. The fraction of sp³-hybridized carbons (Fsp3) is 0.263. The summed E-state index contributed by atoms with van der Waals surface area (Å²) in [5, 5.41) is 2.45. The minimum absolute atomic E-state index is 0.0996. The monoisotopic (exact) mass is 411 g/mol. The van der Waals surface area contributed by atoms with Crippen LogP contribution in [-0.4, -0.2) is 33.2 Å². The largest absolute Gasteiger partial charge is 0.452 e. The van der Waals surface area contributed by atoms with Crippen molar-refractivity contribution in [2.75, 3.05) is 12.9 Å². The molecule has 0 saturated carbocycles. The van der Waals surface area contributed by atoms with Crippen molar-refractivity contribution in [3.05, 3.63) is 70.8 Å². The molecular formula is C19H19F2NO5S. The topological polar surface area (TPSA) is 89.5 Å². The summed E-state index contributed by atoms with van der Waals surface area (Å²) in [5.41, 5.74) is 0.775. The van der Waals surface area contributed by atoms with E-state index in [1.165, 1.54) is 37.3 Å². The number of sulfone groups is 1. The van der Waals surface area contributed by atoms with E-state index in [0.29, 0.717) is 11.6 Å². The first kappa shape index (κ1) is 21.5. The number of amides is 1. The van der Waals surface area contributed by atoms with Crippen LogP contribution in [0.5, 0.6) is 0 Å². The van der Waals surface area contributed by atoms with Crippen LogP contribution in [0.3, 0.4) is 0 Å². The Morgan fingerprint density at radius 1 is 1.11 bits per heavy atom. The highest BCUT2D eigenvalue weighted by Gasteiger charge is 2.16. The van der Waals surface area contributed by atoms with E-state index < -0.39 is 46.0 Å². The molecule has 0 unspecified atom stereocenters. The normalized spacial score (nSPS) is 12.3. The molecule has 1 atom stereocenters. The van der Waals surface area contributed by atoms with Crippen molar-refractivity contribution in [1.82, 2.24) is 5.32 Å². The van der Waals surface area contributed by atoms with Gasteiger partial charge in [0, 0.05) is 17.9 Å². The molecule has 0 aliphatic heterocycles. The quantitative estimate of drug-likeness (QED) is 0.708. The average molecular weight is 411 g/mol. The van der Waals surface area contributed by atoms with Gasteiger partial charge in [-0.15, -0.1) is 0 Å². The van der Waals surface area contributed by atoms with Crippen molar-refractivity contribution in [3.8, 4) is 0 Å². The van der Waals surface area contributed by atoms with Gasteiger partial charge in [-0.3, -0.25) is 4.79 Å². The Bertz CT molecular complexity index is 974. The Morgan fingerprint density at radius 2 is 1.75 bits per heavy atom. The van der Waals surface area contributed by atoms with Crippen LogP contribution in [0.4, 0.5) is 8.78 Å². The number of halogens is 2. The fourth-order valence-electron chi connectivity index (χ4n) is 2.47. The zero-order valence-corrected chi connectivity index (χ0v) is 16.1. The number of carbonyl (C=O) groups is 2. The molecule has 2 rings (SSSR count). The van der Waals surface area contributed by atoms with E-state index in [9.17, 15) is 26.8 Å². The van der Waals surface area contributed by atoms with Gasteiger partial charge in [0.25, 0.3) is 5.91 Å². The standard InChI is InChI=1S/C19H19F2NO5S/c1-12(16-8-7-15(20)9-17(16)21)22-18(23)10-27-19(24)14-5-3-13(4-6-14)11-28(2,25)26/h3-9,12H,10-11H2,1-2H3,(H,22,23)/t12-/m1/s1. The molecule has 1 N–H and O–H groups in total. The Morgan fingerprint density at radius 3 is 2.32 bits per heavy atom. The van der Waals surface area contributed by atoms with Gasteiger partial charge in [-0.2, -0.15) is 0 Å². The Balaban J connectivity index is 1.88. The van der Waals surface area contributed by atoms with Crippen LogP contribution in [0.15, 0.2) is 42.5 Å². The number of rotatable bonds is 7. The van der Waals surface area contributed by atoms with E-state index in [0.717, 1.165) is 12.3 Å². The fourth-order valence-corrected chi connectivity index (χ4v) is 3.27.